The highest BCUT2D eigenvalue weighted by molar-refractivity contribution is 7.00. The van der Waals surface area contributed by atoms with Gasteiger partial charge >= 0.3 is 0 Å². The minimum Gasteiger partial charge on any atom is -0.456 e. The molecule has 0 atom stereocenters. The number of fused-ring (bicyclic) bond motifs is 16. The maximum Gasteiger partial charge on any atom is 0.252 e. The summed E-state index contributed by atoms with van der Waals surface area (Å²) in [6.45, 7) is 12.6. The second kappa shape index (κ2) is 21.2. The number of furan rings is 2. The van der Waals surface area contributed by atoms with Crippen molar-refractivity contribution in [2.45, 2.75) is 52.4 Å². The number of nitrogens with zero attached hydrogens (tertiary/aromatic N) is 4. The van der Waals surface area contributed by atoms with E-state index in [-0.39, 0.29) is 43.9 Å². The molecule has 4 aromatic heterocycles. The molecule has 0 saturated carbocycles. The zero-order valence-electron chi connectivity index (χ0n) is 68.0. The van der Waals surface area contributed by atoms with Crippen molar-refractivity contribution >= 4 is 145 Å². The Balaban J connectivity index is 1.02. The number of hydrogen-bond acceptors (Lipinski definition) is 4. The van der Waals surface area contributed by atoms with Crippen LogP contribution in [0.1, 0.15) is 70.5 Å². The van der Waals surface area contributed by atoms with Gasteiger partial charge in [-0.2, -0.15) is 0 Å². The smallest absolute Gasteiger partial charge is 0.252 e. The Hall–Kier alpha value is -12.1. The fourth-order valence-electron chi connectivity index (χ4n) is 15.9. The molecule has 0 amide bonds. The highest BCUT2D eigenvalue weighted by Crippen LogP contribution is 2.54. The number of hydrogen-bond donors (Lipinski definition) is 0. The van der Waals surface area contributed by atoms with Crippen LogP contribution in [-0.4, -0.2) is 15.8 Å². The molecule has 2 aliphatic heterocycles. The van der Waals surface area contributed by atoms with Gasteiger partial charge in [0, 0.05) is 66.3 Å². The molecule has 2 aliphatic rings. The van der Waals surface area contributed by atoms with E-state index in [2.05, 4.69) is 141 Å². The average Bonchev–Trinajstić information content (AvgIpc) is 1.07. The molecule has 0 radical (unpaired) electrons. The van der Waals surface area contributed by atoms with Gasteiger partial charge in [0.05, 0.1) is 67.7 Å². The van der Waals surface area contributed by atoms with E-state index in [1.165, 1.54) is 11.1 Å². The van der Waals surface area contributed by atoms with E-state index in [1.807, 2.05) is 133 Å². The topological polar surface area (TPSA) is 42.6 Å². The van der Waals surface area contributed by atoms with E-state index in [1.54, 1.807) is 4.57 Å². The molecule has 0 bridgehead atoms. The summed E-state index contributed by atoms with van der Waals surface area (Å²) in [5.41, 5.74) is 16.7. The molecule has 14 aromatic carbocycles. The molecular weight excluding hydrogens is 1200 g/mol. The molecule has 0 fully saturated rings. The largest absolute Gasteiger partial charge is 0.456 e. The predicted octanol–water partition coefficient (Wildman–Crippen LogP) is 23.4. The normalized spacial score (nSPS) is 14.9. The van der Waals surface area contributed by atoms with Gasteiger partial charge in [0.2, 0.25) is 0 Å². The van der Waals surface area contributed by atoms with Crippen molar-refractivity contribution in [2.24, 2.45) is 0 Å². The lowest BCUT2D eigenvalue weighted by Crippen LogP contribution is -2.61. The molecule has 0 spiro atoms. The fraction of sp³-hybridized carbons (Fsp3) is 0.0870. The van der Waals surface area contributed by atoms with Gasteiger partial charge in [-0.1, -0.05) is 235 Å². The third-order valence-electron chi connectivity index (χ3n) is 20.5. The number of anilines is 6. The first-order chi connectivity index (χ1) is 53.8. The fourth-order valence-corrected chi connectivity index (χ4v) is 15.9. The van der Waals surface area contributed by atoms with E-state index >= 15 is 0 Å². The summed E-state index contributed by atoms with van der Waals surface area (Å²) >= 11 is 0. The number of aromatic nitrogens is 2. The van der Waals surface area contributed by atoms with Gasteiger partial charge in [-0.25, -0.2) is 0 Å². The first kappa shape index (κ1) is 45.4. The van der Waals surface area contributed by atoms with Crippen LogP contribution in [0.15, 0.2) is 306 Å². The molecule has 6 heterocycles. The van der Waals surface area contributed by atoms with Crippen LogP contribution in [0.4, 0.5) is 34.1 Å². The van der Waals surface area contributed by atoms with Gasteiger partial charge in [-0.3, -0.25) is 0 Å². The lowest BCUT2D eigenvalue weighted by Gasteiger charge is -2.45. The molecule has 99 heavy (non-hydrogen) atoms. The summed E-state index contributed by atoms with van der Waals surface area (Å²) in [7, 11) is 0. The molecule has 0 N–H and O–H groups in total. The van der Waals surface area contributed by atoms with Gasteiger partial charge in [-0.15, -0.1) is 0 Å². The Labute approximate surface area is 592 Å². The number of para-hydroxylation sites is 4. The van der Waals surface area contributed by atoms with Crippen molar-refractivity contribution in [2.75, 3.05) is 9.80 Å². The van der Waals surface area contributed by atoms with E-state index in [9.17, 15) is 13.7 Å². The van der Waals surface area contributed by atoms with Crippen molar-refractivity contribution < 1.29 is 26.7 Å². The van der Waals surface area contributed by atoms with Gasteiger partial charge in [-0.05, 0) is 169 Å². The van der Waals surface area contributed by atoms with E-state index in [0.717, 1.165) is 88.0 Å². The predicted molar refractivity (Wildman–Crippen MR) is 417 cm³/mol. The Kier molecular flexibility index (Phi) is 9.73. The molecule has 6 nitrogen and oxygen atoms in total. The molecule has 0 saturated heterocycles. The second-order valence-corrected chi connectivity index (χ2v) is 28.2. The van der Waals surface area contributed by atoms with Crippen LogP contribution in [0.5, 0.6) is 0 Å². The van der Waals surface area contributed by atoms with E-state index < -0.39 is 85.3 Å². The zero-order chi connectivity index (χ0) is 77.5. The van der Waals surface area contributed by atoms with E-state index in [4.69, 9.17) is 12.9 Å². The SMILES string of the molecule is [2H]c1c([2H])c([2H])c(-c2ccc3c(c2)N(c2cc(-c4ccccc4)cc4oc5ccccc5c24)c2cc(-n4c5c([2H])c([2H])c([2H])c([2H])c5c5c([2H])c([2H])c([2H])c([2H])c54)cc4c2B3c2ccc(-n3c5ccc(C(C)(C)C)cc5c5cc(C(C)(C)C)ccc53)cc2N4c2c(-c3ccccc3)ccc3oc4ccccc4c23)c([2H])c1[2H]. The highest BCUT2D eigenvalue weighted by Gasteiger charge is 2.46. The van der Waals surface area contributed by atoms with Crippen LogP contribution in [-0.2, 0) is 10.8 Å². The number of rotatable bonds is 7. The summed E-state index contributed by atoms with van der Waals surface area (Å²) in [5.74, 6) is 0. The monoisotopic (exact) mass is 1280 g/mol. The molecular formula is C92H67BN4O2. The Morgan fingerprint density at radius 1 is 0.323 bits per heavy atom. The van der Waals surface area contributed by atoms with Gasteiger partial charge in [0.1, 0.15) is 22.3 Å². The van der Waals surface area contributed by atoms with Crippen molar-refractivity contribution in [3.8, 4) is 44.8 Å². The van der Waals surface area contributed by atoms with Crippen LogP contribution in [0, 0.1) is 0 Å². The summed E-state index contributed by atoms with van der Waals surface area (Å²) in [6.07, 6.45) is 0. The molecule has 0 unspecified atom stereocenters. The Morgan fingerprint density at radius 2 is 0.848 bits per heavy atom. The molecule has 7 heteroatoms. The van der Waals surface area contributed by atoms with Crippen molar-refractivity contribution in [1.82, 2.24) is 9.13 Å². The third-order valence-corrected chi connectivity index (χ3v) is 20.5. The minimum absolute atomic E-state index is 0.0244. The maximum absolute atomic E-state index is 10.1. The van der Waals surface area contributed by atoms with Crippen LogP contribution in [0.3, 0.4) is 0 Å². The van der Waals surface area contributed by atoms with Crippen LogP contribution < -0.4 is 26.2 Å². The van der Waals surface area contributed by atoms with Crippen LogP contribution in [0.25, 0.3) is 132 Å². The lowest BCUT2D eigenvalue weighted by molar-refractivity contribution is 0.590. The van der Waals surface area contributed by atoms with Crippen molar-refractivity contribution in [3.63, 3.8) is 0 Å². The van der Waals surface area contributed by atoms with Gasteiger partial charge in [0.15, 0.2) is 0 Å². The van der Waals surface area contributed by atoms with Crippen LogP contribution in [0.2, 0.25) is 0 Å². The standard InChI is InChI=1S/C92H67BN4O2/c1-91(2,3)61-39-45-76-70(51-61)71-52-62(92(4,5)6)40-46-77(71)94(76)63-41-44-73-79(53-63)97(90-65(58-28-14-9-15-29-58)42-47-85-88(90)69-33-19-23-37-84(69)98-85)82-55-64(95-74-34-20-16-30-66(74)67-31-17-21-35-75(67)95)54-81-89(82)93(73)72-43-38-59(56-24-10-7-11-25-56)48-78(72)96(81)80-49-60(57-26-12-8-13-27-57)50-86-87(80)68-32-18-22-36-83(68)99-86/h7-55H,1-6H3/i7D,10D,11D,16D,17D,20D,21D,24D,25D,30D,31D,34D,35D. The summed E-state index contributed by atoms with van der Waals surface area (Å²) in [4.78, 5) is 4.45. The summed E-state index contributed by atoms with van der Waals surface area (Å²) in [5, 5.41) is 5.00. The van der Waals surface area contributed by atoms with Gasteiger partial charge < -0.3 is 27.8 Å². The first-order valence-corrected chi connectivity index (χ1v) is 33.5. The van der Waals surface area contributed by atoms with E-state index in [0.29, 0.717) is 61.7 Å². The number of benzene rings is 14. The molecule has 20 rings (SSSR count). The Bertz CT molecular complexity index is 7060. The quantitative estimate of drug-likeness (QED) is 0.149. The third kappa shape index (κ3) is 8.63. The Morgan fingerprint density at radius 3 is 1.49 bits per heavy atom. The summed E-state index contributed by atoms with van der Waals surface area (Å²) < 4.78 is 142. The summed E-state index contributed by atoms with van der Waals surface area (Å²) in [6, 6.07) is 67.4. The zero-order valence-corrected chi connectivity index (χ0v) is 55.0. The molecule has 18 aromatic rings. The van der Waals surface area contributed by atoms with Crippen LogP contribution >= 0.6 is 0 Å². The second-order valence-electron chi connectivity index (χ2n) is 28.2. The maximum atomic E-state index is 10.1. The van der Waals surface area contributed by atoms with Crippen molar-refractivity contribution in [3.05, 3.63) is 308 Å². The molecule has 470 valence electrons. The lowest BCUT2D eigenvalue weighted by atomic mass is 9.33. The van der Waals surface area contributed by atoms with Gasteiger partial charge in [0.25, 0.3) is 6.71 Å². The molecule has 0 aliphatic carbocycles. The first-order valence-electron chi connectivity index (χ1n) is 40.0. The average molecular weight is 1280 g/mol. The van der Waals surface area contributed by atoms with Crippen molar-refractivity contribution in [1.29, 1.82) is 0 Å². The highest BCUT2D eigenvalue weighted by atomic mass is 16.3. The minimum atomic E-state index is -0.747.